The molecular weight excluding hydrogens is 365 g/mol. The SMILES string of the molecule is Nc1nc(Cl)c2ncn(Cc3ccc([N+](=O)[O-])cc3C(F)(F)F)c2n1. The number of non-ortho nitro benzene ring substituents is 1. The molecule has 0 spiro atoms. The number of rotatable bonds is 3. The van der Waals surface area contributed by atoms with Crippen LogP contribution in [0.3, 0.4) is 0 Å². The molecule has 130 valence electrons. The maximum absolute atomic E-state index is 13.2. The zero-order chi connectivity index (χ0) is 18.4. The molecular formula is C13H8ClF3N6O2. The van der Waals surface area contributed by atoms with Crippen molar-refractivity contribution in [1.82, 2.24) is 19.5 Å². The highest BCUT2D eigenvalue weighted by atomic mass is 35.5. The molecule has 25 heavy (non-hydrogen) atoms. The minimum Gasteiger partial charge on any atom is -0.368 e. The van der Waals surface area contributed by atoms with E-state index < -0.39 is 22.4 Å². The predicted octanol–water partition coefficient (Wildman–Crippen LogP) is 3.04. The molecule has 0 atom stereocenters. The second-order valence-electron chi connectivity index (χ2n) is 5.01. The number of nitrogen functional groups attached to an aromatic ring is 1. The molecule has 0 bridgehead atoms. The van der Waals surface area contributed by atoms with Crippen molar-refractivity contribution in [1.29, 1.82) is 0 Å². The first-order valence-corrected chi connectivity index (χ1v) is 7.03. The first-order valence-electron chi connectivity index (χ1n) is 6.65. The quantitative estimate of drug-likeness (QED) is 0.429. The lowest BCUT2D eigenvalue weighted by Gasteiger charge is -2.13. The first kappa shape index (κ1) is 16.9. The number of imidazole rings is 1. The van der Waals surface area contributed by atoms with Gasteiger partial charge in [-0.1, -0.05) is 11.6 Å². The molecule has 0 aliphatic carbocycles. The standard InChI is InChI=1S/C13H8ClF3N6O2/c14-10-9-11(21-12(18)20-10)22(5-19-9)4-6-1-2-7(23(24)25)3-8(6)13(15,16)17/h1-3,5H,4H2,(H2,18,20,21). The number of hydrogen-bond acceptors (Lipinski definition) is 6. The summed E-state index contributed by atoms with van der Waals surface area (Å²) in [6, 6.07) is 2.53. The van der Waals surface area contributed by atoms with Crippen LogP contribution in [0.15, 0.2) is 24.5 Å². The highest BCUT2D eigenvalue weighted by Gasteiger charge is 2.35. The molecule has 0 aliphatic rings. The van der Waals surface area contributed by atoms with Crippen LogP contribution < -0.4 is 5.73 Å². The highest BCUT2D eigenvalue weighted by molar-refractivity contribution is 6.33. The summed E-state index contributed by atoms with van der Waals surface area (Å²) in [7, 11) is 0. The summed E-state index contributed by atoms with van der Waals surface area (Å²) in [6.45, 7) is -0.282. The van der Waals surface area contributed by atoms with Crippen molar-refractivity contribution in [2.45, 2.75) is 12.7 Å². The maximum atomic E-state index is 13.2. The summed E-state index contributed by atoms with van der Waals surface area (Å²) in [5.74, 6) is -0.154. The van der Waals surface area contributed by atoms with Gasteiger partial charge in [-0.15, -0.1) is 0 Å². The van der Waals surface area contributed by atoms with Crippen molar-refractivity contribution in [3.63, 3.8) is 0 Å². The van der Waals surface area contributed by atoms with E-state index in [1.807, 2.05) is 0 Å². The lowest BCUT2D eigenvalue weighted by atomic mass is 10.1. The number of fused-ring (bicyclic) bond motifs is 1. The average molecular weight is 373 g/mol. The Morgan fingerprint density at radius 3 is 2.68 bits per heavy atom. The Labute approximate surface area is 142 Å². The molecule has 8 nitrogen and oxygen atoms in total. The number of nitro groups is 1. The average Bonchev–Trinajstić information content (AvgIpc) is 2.89. The molecule has 1 aromatic carbocycles. The van der Waals surface area contributed by atoms with Crippen molar-refractivity contribution in [3.05, 3.63) is 50.9 Å². The number of aromatic nitrogens is 4. The molecule has 3 aromatic rings. The van der Waals surface area contributed by atoms with Crippen LogP contribution >= 0.6 is 11.6 Å². The van der Waals surface area contributed by atoms with E-state index in [2.05, 4.69) is 15.0 Å². The van der Waals surface area contributed by atoms with Gasteiger partial charge < -0.3 is 10.3 Å². The van der Waals surface area contributed by atoms with Gasteiger partial charge in [0.2, 0.25) is 5.95 Å². The van der Waals surface area contributed by atoms with Gasteiger partial charge in [0.25, 0.3) is 5.69 Å². The van der Waals surface area contributed by atoms with Crippen LogP contribution in [-0.4, -0.2) is 24.4 Å². The Morgan fingerprint density at radius 1 is 1.32 bits per heavy atom. The number of alkyl halides is 3. The maximum Gasteiger partial charge on any atom is 0.416 e. The van der Waals surface area contributed by atoms with Crippen LogP contribution in [0.5, 0.6) is 0 Å². The van der Waals surface area contributed by atoms with Crippen molar-refractivity contribution < 1.29 is 18.1 Å². The van der Waals surface area contributed by atoms with Crippen LogP contribution in [0.25, 0.3) is 11.2 Å². The van der Waals surface area contributed by atoms with Gasteiger partial charge in [0.15, 0.2) is 10.8 Å². The van der Waals surface area contributed by atoms with Crippen molar-refractivity contribution >= 4 is 34.4 Å². The van der Waals surface area contributed by atoms with E-state index in [9.17, 15) is 23.3 Å². The zero-order valence-corrected chi connectivity index (χ0v) is 12.9. The van der Waals surface area contributed by atoms with E-state index in [4.69, 9.17) is 17.3 Å². The van der Waals surface area contributed by atoms with Gasteiger partial charge in [-0.05, 0) is 11.6 Å². The molecule has 3 rings (SSSR count). The molecule has 0 saturated carbocycles. The van der Waals surface area contributed by atoms with E-state index >= 15 is 0 Å². The largest absolute Gasteiger partial charge is 0.416 e. The van der Waals surface area contributed by atoms with Crippen LogP contribution in [0.2, 0.25) is 5.15 Å². The Kier molecular flexibility index (Phi) is 3.95. The van der Waals surface area contributed by atoms with Crippen molar-refractivity contribution in [3.8, 4) is 0 Å². The Morgan fingerprint density at radius 2 is 2.04 bits per heavy atom. The lowest BCUT2D eigenvalue weighted by Crippen LogP contribution is -2.12. The van der Waals surface area contributed by atoms with Crippen molar-refractivity contribution in [2.75, 3.05) is 5.73 Å². The topological polar surface area (TPSA) is 113 Å². The molecule has 0 aliphatic heterocycles. The van der Waals surface area contributed by atoms with E-state index in [-0.39, 0.29) is 34.4 Å². The molecule has 2 N–H and O–H groups in total. The molecule has 0 radical (unpaired) electrons. The van der Waals surface area contributed by atoms with E-state index in [1.54, 1.807) is 0 Å². The second-order valence-corrected chi connectivity index (χ2v) is 5.37. The number of nitro benzene ring substituents is 1. The Balaban J connectivity index is 2.11. The van der Waals surface area contributed by atoms with Gasteiger partial charge in [0.1, 0.15) is 5.52 Å². The Bertz CT molecular complexity index is 988. The van der Waals surface area contributed by atoms with E-state index in [1.165, 1.54) is 10.9 Å². The fourth-order valence-corrected chi connectivity index (χ4v) is 2.52. The van der Waals surface area contributed by atoms with Gasteiger partial charge in [-0.3, -0.25) is 10.1 Å². The number of nitrogens with zero attached hydrogens (tertiary/aromatic N) is 5. The van der Waals surface area contributed by atoms with Crippen LogP contribution in [0.4, 0.5) is 24.8 Å². The molecule has 0 amide bonds. The van der Waals surface area contributed by atoms with Crippen LogP contribution in [-0.2, 0) is 12.7 Å². The lowest BCUT2D eigenvalue weighted by molar-refractivity contribution is -0.385. The number of nitrogens with two attached hydrogens (primary N) is 1. The molecule has 12 heteroatoms. The fraction of sp³-hybridized carbons (Fsp3) is 0.154. The summed E-state index contributed by atoms with van der Waals surface area (Å²) < 4.78 is 41.0. The summed E-state index contributed by atoms with van der Waals surface area (Å²) in [6.07, 6.45) is -3.52. The summed E-state index contributed by atoms with van der Waals surface area (Å²) in [5.41, 5.74) is 3.88. The minimum atomic E-state index is -4.76. The smallest absolute Gasteiger partial charge is 0.368 e. The third kappa shape index (κ3) is 3.18. The number of hydrogen-bond donors (Lipinski definition) is 1. The van der Waals surface area contributed by atoms with Gasteiger partial charge in [0, 0.05) is 12.1 Å². The molecule has 0 fully saturated rings. The number of anilines is 1. The van der Waals surface area contributed by atoms with Gasteiger partial charge in [-0.2, -0.15) is 23.1 Å². The van der Waals surface area contributed by atoms with E-state index in [0.717, 1.165) is 12.1 Å². The van der Waals surface area contributed by atoms with Gasteiger partial charge in [-0.25, -0.2) is 4.98 Å². The van der Waals surface area contributed by atoms with Crippen LogP contribution in [0.1, 0.15) is 11.1 Å². The summed E-state index contributed by atoms with van der Waals surface area (Å²) in [4.78, 5) is 21.4. The van der Waals surface area contributed by atoms with E-state index in [0.29, 0.717) is 6.07 Å². The zero-order valence-electron chi connectivity index (χ0n) is 12.2. The molecule has 0 unspecified atom stereocenters. The molecule has 0 saturated heterocycles. The minimum absolute atomic E-state index is 0.0269. The van der Waals surface area contributed by atoms with Gasteiger partial charge in [0.05, 0.1) is 23.4 Å². The monoisotopic (exact) mass is 372 g/mol. The third-order valence-corrected chi connectivity index (χ3v) is 3.65. The number of benzene rings is 1. The van der Waals surface area contributed by atoms with Crippen LogP contribution in [0, 0.1) is 10.1 Å². The molecule has 2 heterocycles. The fourth-order valence-electron chi connectivity index (χ4n) is 2.30. The van der Waals surface area contributed by atoms with Gasteiger partial charge >= 0.3 is 6.18 Å². The third-order valence-electron chi connectivity index (χ3n) is 3.39. The second kappa shape index (κ2) is 5.84. The Hall–Kier alpha value is -2.95. The normalized spacial score (nSPS) is 11.8. The summed E-state index contributed by atoms with van der Waals surface area (Å²) in [5, 5.41) is 10.7. The predicted molar refractivity (Wildman–Crippen MR) is 81.9 cm³/mol. The first-order chi connectivity index (χ1) is 11.7. The molecule has 2 aromatic heterocycles. The highest BCUT2D eigenvalue weighted by Crippen LogP contribution is 2.35. The number of halogens is 4. The van der Waals surface area contributed by atoms with Crippen molar-refractivity contribution in [2.24, 2.45) is 0 Å². The summed E-state index contributed by atoms with van der Waals surface area (Å²) >= 11 is 5.88.